The molecule has 4 nitrogen and oxygen atoms in total. The van der Waals surface area contributed by atoms with Crippen LogP contribution in [0, 0.1) is 0 Å². The van der Waals surface area contributed by atoms with E-state index in [0.717, 1.165) is 12.1 Å². The van der Waals surface area contributed by atoms with Gasteiger partial charge in [-0.05, 0) is 24.3 Å². The average Bonchev–Trinajstić information content (AvgIpc) is 2.84. The number of halogens is 3. The Kier molecular flexibility index (Phi) is 3.69. The molecule has 0 unspecified atom stereocenters. The smallest absolute Gasteiger partial charge is 0.416 e. The van der Waals surface area contributed by atoms with E-state index in [4.69, 9.17) is 10.2 Å². The van der Waals surface area contributed by atoms with E-state index < -0.39 is 17.8 Å². The second kappa shape index (κ2) is 5.28. The molecule has 1 aromatic heterocycles. The summed E-state index contributed by atoms with van der Waals surface area (Å²) >= 11 is 0. The van der Waals surface area contributed by atoms with Crippen molar-refractivity contribution >= 4 is 6.09 Å². The fourth-order valence-corrected chi connectivity index (χ4v) is 1.58. The topological polar surface area (TPSA) is 65.5 Å². The van der Waals surface area contributed by atoms with E-state index in [1.807, 2.05) is 0 Å². The van der Waals surface area contributed by atoms with Crippen LogP contribution in [-0.2, 0) is 17.5 Å². The molecular formula is C13H10F3NO3. The number of primary amides is 1. The van der Waals surface area contributed by atoms with Crippen molar-refractivity contribution in [3.63, 3.8) is 0 Å². The van der Waals surface area contributed by atoms with Crippen LogP contribution in [-0.4, -0.2) is 6.09 Å². The summed E-state index contributed by atoms with van der Waals surface area (Å²) in [6.07, 6.45) is -5.31. The Labute approximate surface area is 111 Å². The van der Waals surface area contributed by atoms with Crippen LogP contribution >= 0.6 is 0 Å². The zero-order valence-electron chi connectivity index (χ0n) is 10.1. The molecule has 0 aliphatic heterocycles. The van der Waals surface area contributed by atoms with Gasteiger partial charge in [0.15, 0.2) is 6.61 Å². The molecule has 0 atom stereocenters. The Hall–Kier alpha value is -2.44. The van der Waals surface area contributed by atoms with Crippen molar-refractivity contribution in [3.05, 3.63) is 47.7 Å². The minimum atomic E-state index is -4.37. The number of carbonyl (C=O) groups excluding carboxylic acids is 1. The summed E-state index contributed by atoms with van der Waals surface area (Å²) in [5.41, 5.74) is 4.56. The third-order valence-corrected chi connectivity index (χ3v) is 2.52. The predicted molar refractivity (Wildman–Crippen MR) is 63.5 cm³/mol. The summed E-state index contributed by atoms with van der Waals surface area (Å²) in [7, 11) is 0. The van der Waals surface area contributed by atoms with E-state index in [2.05, 4.69) is 4.74 Å². The van der Waals surface area contributed by atoms with Crippen LogP contribution in [0.25, 0.3) is 11.3 Å². The van der Waals surface area contributed by atoms with Gasteiger partial charge in [-0.25, -0.2) is 4.79 Å². The van der Waals surface area contributed by atoms with Crippen molar-refractivity contribution in [2.75, 3.05) is 0 Å². The molecule has 0 saturated heterocycles. The van der Waals surface area contributed by atoms with Crippen molar-refractivity contribution in [1.29, 1.82) is 0 Å². The van der Waals surface area contributed by atoms with Gasteiger partial charge in [-0.2, -0.15) is 13.2 Å². The number of benzene rings is 1. The van der Waals surface area contributed by atoms with Crippen molar-refractivity contribution in [2.45, 2.75) is 12.8 Å². The minimum Gasteiger partial charge on any atom is -0.457 e. The lowest BCUT2D eigenvalue weighted by atomic mass is 10.1. The number of nitrogens with two attached hydrogens (primary N) is 1. The SMILES string of the molecule is NC(=O)OCc1ccc(-c2ccc(C(F)(F)F)cc2)o1. The fraction of sp³-hybridized carbons (Fsp3) is 0.154. The summed E-state index contributed by atoms with van der Waals surface area (Å²) in [6.45, 7) is -0.129. The van der Waals surface area contributed by atoms with Crippen molar-refractivity contribution in [1.82, 2.24) is 0 Å². The van der Waals surface area contributed by atoms with Crippen LogP contribution in [0.4, 0.5) is 18.0 Å². The highest BCUT2D eigenvalue weighted by molar-refractivity contribution is 5.64. The van der Waals surface area contributed by atoms with Crippen molar-refractivity contribution < 1.29 is 27.1 Å². The first kappa shape index (κ1) is 14.0. The van der Waals surface area contributed by atoms with E-state index in [9.17, 15) is 18.0 Å². The Bertz CT molecular complexity index is 602. The zero-order valence-corrected chi connectivity index (χ0v) is 10.1. The number of furan rings is 1. The molecule has 0 bridgehead atoms. The first-order chi connectivity index (χ1) is 9.36. The first-order valence-corrected chi connectivity index (χ1v) is 5.55. The lowest BCUT2D eigenvalue weighted by molar-refractivity contribution is -0.137. The average molecular weight is 285 g/mol. The van der Waals surface area contributed by atoms with Gasteiger partial charge < -0.3 is 14.9 Å². The summed E-state index contributed by atoms with van der Waals surface area (Å²) in [6, 6.07) is 7.67. The normalized spacial score (nSPS) is 11.3. The molecule has 1 heterocycles. The molecular weight excluding hydrogens is 275 g/mol. The lowest BCUT2D eigenvalue weighted by Gasteiger charge is -2.06. The number of alkyl halides is 3. The van der Waals surface area contributed by atoms with Crippen molar-refractivity contribution in [2.24, 2.45) is 5.73 Å². The molecule has 0 spiro atoms. The first-order valence-electron chi connectivity index (χ1n) is 5.55. The standard InChI is InChI=1S/C13H10F3NO3/c14-13(15,16)9-3-1-8(2-4-9)11-6-5-10(20-11)7-19-12(17)18/h1-6H,7H2,(H2,17,18). The molecule has 1 amide bonds. The molecule has 2 rings (SSSR count). The number of hydrogen-bond donors (Lipinski definition) is 1. The highest BCUT2D eigenvalue weighted by Crippen LogP contribution is 2.31. The van der Waals surface area contributed by atoms with E-state index >= 15 is 0 Å². The van der Waals surface area contributed by atoms with Crippen LogP contribution in [0.3, 0.4) is 0 Å². The molecule has 0 saturated carbocycles. The second-order valence-corrected chi connectivity index (χ2v) is 3.95. The highest BCUT2D eigenvalue weighted by atomic mass is 19.4. The molecule has 2 N–H and O–H groups in total. The molecule has 7 heteroatoms. The quantitative estimate of drug-likeness (QED) is 0.937. The van der Waals surface area contributed by atoms with E-state index in [-0.39, 0.29) is 6.61 Å². The van der Waals surface area contributed by atoms with E-state index in [0.29, 0.717) is 17.1 Å². The number of amides is 1. The van der Waals surface area contributed by atoms with Gasteiger partial charge in [0, 0.05) is 5.56 Å². The van der Waals surface area contributed by atoms with E-state index in [1.54, 1.807) is 12.1 Å². The second-order valence-electron chi connectivity index (χ2n) is 3.95. The molecule has 1 aromatic carbocycles. The Morgan fingerprint density at radius 3 is 2.35 bits per heavy atom. The molecule has 0 aliphatic rings. The maximum Gasteiger partial charge on any atom is 0.416 e. The Morgan fingerprint density at radius 1 is 1.15 bits per heavy atom. The molecule has 2 aromatic rings. The highest BCUT2D eigenvalue weighted by Gasteiger charge is 2.30. The number of ether oxygens (including phenoxy) is 1. The number of rotatable bonds is 3. The van der Waals surface area contributed by atoms with Gasteiger partial charge in [-0.15, -0.1) is 0 Å². The zero-order chi connectivity index (χ0) is 14.8. The summed E-state index contributed by atoms with van der Waals surface area (Å²) in [4.78, 5) is 10.4. The summed E-state index contributed by atoms with van der Waals surface area (Å²) in [5, 5.41) is 0. The third kappa shape index (κ3) is 3.31. The Morgan fingerprint density at radius 2 is 1.80 bits per heavy atom. The largest absolute Gasteiger partial charge is 0.457 e. The Balaban J connectivity index is 2.14. The third-order valence-electron chi connectivity index (χ3n) is 2.52. The van der Waals surface area contributed by atoms with Gasteiger partial charge >= 0.3 is 12.3 Å². The van der Waals surface area contributed by atoms with Crippen LogP contribution in [0.2, 0.25) is 0 Å². The van der Waals surface area contributed by atoms with E-state index in [1.165, 1.54) is 12.1 Å². The number of hydrogen-bond acceptors (Lipinski definition) is 3. The summed E-state index contributed by atoms with van der Waals surface area (Å²) < 4.78 is 47.1. The molecule has 0 radical (unpaired) electrons. The van der Waals surface area contributed by atoms with Gasteiger partial charge in [0.1, 0.15) is 11.5 Å². The van der Waals surface area contributed by atoms with Crippen LogP contribution in [0.5, 0.6) is 0 Å². The van der Waals surface area contributed by atoms with Crippen molar-refractivity contribution in [3.8, 4) is 11.3 Å². The van der Waals surface area contributed by atoms with Crippen LogP contribution in [0.1, 0.15) is 11.3 Å². The predicted octanol–water partition coefficient (Wildman–Crippen LogP) is 3.56. The monoisotopic (exact) mass is 285 g/mol. The van der Waals surface area contributed by atoms with Crippen LogP contribution < -0.4 is 5.73 Å². The maximum absolute atomic E-state index is 12.4. The maximum atomic E-state index is 12.4. The van der Waals surface area contributed by atoms with Gasteiger partial charge in [0.25, 0.3) is 0 Å². The fourth-order valence-electron chi connectivity index (χ4n) is 1.58. The molecule has 0 fully saturated rings. The van der Waals surface area contributed by atoms with Crippen LogP contribution in [0.15, 0.2) is 40.8 Å². The minimum absolute atomic E-state index is 0.129. The molecule has 20 heavy (non-hydrogen) atoms. The van der Waals surface area contributed by atoms with Gasteiger partial charge in [-0.1, -0.05) is 12.1 Å². The molecule has 106 valence electrons. The van der Waals surface area contributed by atoms with Gasteiger partial charge in [-0.3, -0.25) is 0 Å². The summed E-state index contributed by atoms with van der Waals surface area (Å²) in [5.74, 6) is 0.723. The number of carbonyl (C=O) groups is 1. The van der Waals surface area contributed by atoms with Gasteiger partial charge in [0.2, 0.25) is 0 Å². The lowest BCUT2D eigenvalue weighted by Crippen LogP contribution is -2.12. The molecule has 0 aliphatic carbocycles. The van der Waals surface area contributed by atoms with Gasteiger partial charge in [0.05, 0.1) is 5.56 Å².